The minimum atomic E-state index is -0.656. The lowest BCUT2D eigenvalue weighted by Crippen LogP contribution is -2.38. The van der Waals surface area contributed by atoms with Crippen LogP contribution in [-0.2, 0) is 14.3 Å². The van der Waals surface area contributed by atoms with Crippen LogP contribution >= 0.6 is 0 Å². The molecule has 0 fully saturated rings. The fourth-order valence-corrected chi connectivity index (χ4v) is 4.56. The number of hydrogen-bond acceptors (Lipinski definition) is 6. The lowest BCUT2D eigenvalue weighted by Gasteiger charge is -2.23. The molecule has 1 aliphatic rings. The number of carbonyl (C=O) groups is 3. The molecule has 8 heteroatoms. The van der Waals surface area contributed by atoms with Crippen molar-refractivity contribution in [3.05, 3.63) is 89.5 Å². The first kappa shape index (κ1) is 27.7. The highest BCUT2D eigenvalue weighted by Crippen LogP contribution is 2.37. The van der Waals surface area contributed by atoms with E-state index in [2.05, 4.69) is 10.2 Å². The normalized spacial score (nSPS) is 14.6. The summed E-state index contributed by atoms with van der Waals surface area (Å²) in [7, 11) is 1.77. The van der Waals surface area contributed by atoms with E-state index in [1.807, 2.05) is 68.4 Å². The summed E-state index contributed by atoms with van der Waals surface area (Å²) in [6.45, 7) is 8.08. The number of anilines is 2. The van der Waals surface area contributed by atoms with Gasteiger partial charge >= 0.3 is 5.97 Å². The highest BCUT2D eigenvalue weighted by molar-refractivity contribution is 6.24. The van der Waals surface area contributed by atoms with E-state index >= 15 is 0 Å². The predicted octanol–water partition coefficient (Wildman–Crippen LogP) is 5.02. The number of rotatable bonds is 10. The fraction of sp³-hybridized carbons (Fsp3) is 0.290. The standard InChI is InChI=1S/C31H34N4O4/c1-5-35(6-2)20-27(36)34(4)24-16-14-23(15-17-24)32-29(21-11-9-8-10-12-21)28-25-18-13-22(31(38)39-7-3)19-26(25)33-30(28)37/h8-19,28H,5-7,20H2,1-4H3,(H,33,37). The molecule has 1 atom stereocenters. The van der Waals surface area contributed by atoms with Crippen LogP contribution in [0.4, 0.5) is 17.1 Å². The van der Waals surface area contributed by atoms with Crippen LogP contribution in [0.15, 0.2) is 77.8 Å². The number of hydrogen-bond donors (Lipinski definition) is 1. The summed E-state index contributed by atoms with van der Waals surface area (Å²) in [5, 5.41) is 2.91. The summed E-state index contributed by atoms with van der Waals surface area (Å²) in [4.78, 5) is 46.8. The zero-order chi connectivity index (χ0) is 27.9. The van der Waals surface area contributed by atoms with E-state index in [-0.39, 0.29) is 18.4 Å². The Morgan fingerprint density at radius 1 is 0.923 bits per heavy atom. The molecule has 0 aromatic heterocycles. The highest BCUT2D eigenvalue weighted by atomic mass is 16.5. The van der Waals surface area contributed by atoms with E-state index < -0.39 is 11.9 Å². The molecule has 0 aliphatic carbocycles. The number of aliphatic imine (C=N–C) groups is 1. The molecule has 202 valence electrons. The number of likely N-dealkylation sites (N-methyl/N-ethyl adjacent to an activating group) is 2. The Hall–Kier alpha value is -4.30. The lowest BCUT2D eigenvalue weighted by atomic mass is 9.90. The summed E-state index contributed by atoms with van der Waals surface area (Å²) >= 11 is 0. The molecule has 3 aromatic rings. The van der Waals surface area contributed by atoms with E-state index in [4.69, 9.17) is 9.73 Å². The van der Waals surface area contributed by atoms with Gasteiger partial charge in [-0.05, 0) is 67.5 Å². The van der Waals surface area contributed by atoms with Crippen LogP contribution in [0.3, 0.4) is 0 Å². The number of ether oxygens (including phenoxy) is 1. The first-order chi connectivity index (χ1) is 18.9. The van der Waals surface area contributed by atoms with Gasteiger partial charge in [-0.3, -0.25) is 19.5 Å². The maximum Gasteiger partial charge on any atom is 0.338 e. The third kappa shape index (κ3) is 6.23. The van der Waals surface area contributed by atoms with Crippen molar-refractivity contribution in [3.63, 3.8) is 0 Å². The van der Waals surface area contributed by atoms with Gasteiger partial charge in [-0.2, -0.15) is 0 Å². The molecule has 39 heavy (non-hydrogen) atoms. The van der Waals surface area contributed by atoms with Crippen molar-refractivity contribution in [2.45, 2.75) is 26.7 Å². The zero-order valence-electron chi connectivity index (χ0n) is 22.8. The van der Waals surface area contributed by atoms with Gasteiger partial charge in [0.1, 0.15) is 5.92 Å². The van der Waals surface area contributed by atoms with Gasteiger partial charge in [-0.25, -0.2) is 4.79 Å². The minimum absolute atomic E-state index is 0.0151. The Bertz CT molecular complexity index is 1370. The molecule has 1 heterocycles. The van der Waals surface area contributed by atoms with Gasteiger partial charge in [0.15, 0.2) is 0 Å². The molecule has 4 rings (SSSR count). The van der Waals surface area contributed by atoms with Crippen LogP contribution < -0.4 is 10.2 Å². The minimum Gasteiger partial charge on any atom is -0.462 e. The molecule has 0 spiro atoms. The van der Waals surface area contributed by atoms with Gasteiger partial charge in [0, 0.05) is 18.4 Å². The third-order valence-corrected chi connectivity index (χ3v) is 6.85. The molecular weight excluding hydrogens is 492 g/mol. The molecule has 0 saturated carbocycles. The second-order valence-corrected chi connectivity index (χ2v) is 9.24. The molecule has 0 bridgehead atoms. The number of nitrogens with one attached hydrogen (secondary N) is 1. The Morgan fingerprint density at radius 2 is 1.62 bits per heavy atom. The van der Waals surface area contributed by atoms with Gasteiger partial charge in [0.2, 0.25) is 11.8 Å². The summed E-state index contributed by atoms with van der Waals surface area (Å²) in [5.74, 6) is -1.29. The summed E-state index contributed by atoms with van der Waals surface area (Å²) in [5.41, 5.74) is 4.53. The van der Waals surface area contributed by atoms with E-state index in [0.29, 0.717) is 29.2 Å². The smallest absolute Gasteiger partial charge is 0.338 e. The number of esters is 1. The summed E-state index contributed by atoms with van der Waals surface area (Å²) in [6, 6.07) is 22.1. The molecular formula is C31H34N4O4. The quantitative estimate of drug-likeness (QED) is 0.296. The van der Waals surface area contributed by atoms with E-state index in [1.165, 1.54) is 0 Å². The molecule has 0 saturated heterocycles. The maximum atomic E-state index is 13.2. The van der Waals surface area contributed by atoms with Crippen LogP contribution in [-0.4, -0.2) is 61.7 Å². The van der Waals surface area contributed by atoms with Crippen LogP contribution in [0.5, 0.6) is 0 Å². The Balaban J connectivity index is 1.66. The lowest BCUT2D eigenvalue weighted by molar-refractivity contribution is -0.119. The second-order valence-electron chi connectivity index (χ2n) is 9.24. The van der Waals surface area contributed by atoms with Crippen molar-refractivity contribution in [2.24, 2.45) is 4.99 Å². The SMILES string of the molecule is CCOC(=O)c1ccc2c(c1)NC(=O)C2C(=Nc1ccc(N(C)C(=O)CN(CC)CC)cc1)c1ccccc1. The van der Waals surface area contributed by atoms with Crippen molar-refractivity contribution >= 4 is 40.6 Å². The third-order valence-electron chi connectivity index (χ3n) is 6.85. The van der Waals surface area contributed by atoms with Crippen LogP contribution in [0.2, 0.25) is 0 Å². The van der Waals surface area contributed by atoms with Crippen LogP contribution in [0, 0.1) is 0 Å². The first-order valence-electron chi connectivity index (χ1n) is 13.2. The van der Waals surface area contributed by atoms with E-state index in [9.17, 15) is 14.4 Å². The van der Waals surface area contributed by atoms with Crippen molar-refractivity contribution in [1.82, 2.24) is 4.90 Å². The van der Waals surface area contributed by atoms with Crippen molar-refractivity contribution in [1.29, 1.82) is 0 Å². The Labute approximate surface area is 229 Å². The molecule has 1 aliphatic heterocycles. The number of amides is 2. The molecule has 3 aromatic carbocycles. The summed E-state index contributed by atoms with van der Waals surface area (Å²) in [6.07, 6.45) is 0. The monoisotopic (exact) mass is 526 g/mol. The highest BCUT2D eigenvalue weighted by Gasteiger charge is 2.36. The molecule has 2 amide bonds. The number of carbonyl (C=O) groups excluding carboxylic acids is 3. The van der Waals surface area contributed by atoms with Crippen molar-refractivity contribution < 1.29 is 19.1 Å². The number of fused-ring (bicyclic) bond motifs is 1. The average Bonchev–Trinajstić information content (AvgIpc) is 3.29. The largest absolute Gasteiger partial charge is 0.462 e. The van der Waals surface area contributed by atoms with Gasteiger partial charge in [-0.1, -0.05) is 50.2 Å². The summed E-state index contributed by atoms with van der Waals surface area (Å²) < 4.78 is 5.11. The zero-order valence-corrected chi connectivity index (χ0v) is 22.8. The number of nitrogens with zero attached hydrogens (tertiary/aromatic N) is 3. The van der Waals surface area contributed by atoms with Gasteiger partial charge in [0.25, 0.3) is 0 Å². The second kappa shape index (κ2) is 12.5. The van der Waals surface area contributed by atoms with Crippen molar-refractivity contribution in [3.8, 4) is 0 Å². The van der Waals surface area contributed by atoms with E-state index in [0.717, 1.165) is 29.9 Å². The topological polar surface area (TPSA) is 91.3 Å². The Kier molecular flexibility index (Phi) is 8.88. The van der Waals surface area contributed by atoms with Crippen LogP contribution in [0.1, 0.15) is 48.2 Å². The fourth-order valence-electron chi connectivity index (χ4n) is 4.56. The van der Waals surface area contributed by atoms with Gasteiger partial charge in [0.05, 0.1) is 30.1 Å². The maximum absolute atomic E-state index is 13.2. The Morgan fingerprint density at radius 3 is 2.26 bits per heavy atom. The molecule has 1 N–H and O–H groups in total. The van der Waals surface area contributed by atoms with Gasteiger partial charge in [-0.15, -0.1) is 0 Å². The van der Waals surface area contributed by atoms with Gasteiger partial charge < -0.3 is 15.0 Å². The van der Waals surface area contributed by atoms with Crippen molar-refractivity contribution in [2.75, 3.05) is 43.5 Å². The predicted molar refractivity (Wildman–Crippen MR) is 154 cm³/mol. The average molecular weight is 527 g/mol. The first-order valence-corrected chi connectivity index (χ1v) is 13.2. The van der Waals surface area contributed by atoms with Crippen LogP contribution in [0.25, 0.3) is 0 Å². The molecule has 8 nitrogen and oxygen atoms in total. The van der Waals surface area contributed by atoms with E-state index in [1.54, 1.807) is 37.1 Å². The number of benzene rings is 3. The molecule has 0 radical (unpaired) electrons. The molecule has 1 unspecified atom stereocenters.